The summed E-state index contributed by atoms with van der Waals surface area (Å²) in [6.45, 7) is 3.32. The minimum atomic E-state index is -0.320. The number of nitrogens with zero attached hydrogens (tertiary/aromatic N) is 1. The van der Waals surface area contributed by atoms with Crippen LogP contribution in [0.4, 0.5) is 0 Å². The van der Waals surface area contributed by atoms with E-state index in [1.54, 1.807) is 0 Å². The van der Waals surface area contributed by atoms with E-state index in [-0.39, 0.29) is 22.6 Å². The summed E-state index contributed by atoms with van der Waals surface area (Å²) in [5.41, 5.74) is 0. The first-order valence-electron chi connectivity index (χ1n) is 6.73. The maximum atomic E-state index is 12.4. The third-order valence-electron chi connectivity index (χ3n) is 4.14. The van der Waals surface area contributed by atoms with Crippen molar-refractivity contribution >= 4 is 23.6 Å². The highest BCUT2D eigenvalue weighted by atomic mass is 32.2. The van der Waals surface area contributed by atoms with Crippen LogP contribution in [0.3, 0.4) is 0 Å². The molecular weight excluding hydrogens is 248 g/mol. The topological polar surface area (TPSA) is 49.4 Å². The molecule has 0 aromatic rings. The van der Waals surface area contributed by atoms with Gasteiger partial charge in [-0.15, -0.1) is 0 Å². The van der Waals surface area contributed by atoms with Crippen molar-refractivity contribution in [3.05, 3.63) is 0 Å². The largest absolute Gasteiger partial charge is 0.344 e. The van der Waals surface area contributed by atoms with Crippen molar-refractivity contribution in [2.24, 2.45) is 0 Å². The summed E-state index contributed by atoms with van der Waals surface area (Å²) in [7, 11) is 0. The molecule has 5 heteroatoms. The smallest absolute Gasteiger partial charge is 0.245 e. The summed E-state index contributed by atoms with van der Waals surface area (Å²) in [6, 6.07) is -0.320. The van der Waals surface area contributed by atoms with Crippen LogP contribution in [0.15, 0.2) is 0 Å². The van der Waals surface area contributed by atoms with E-state index >= 15 is 0 Å². The first-order chi connectivity index (χ1) is 8.60. The van der Waals surface area contributed by atoms with Gasteiger partial charge in [-0.3, -0.25) is 9.59 Å². The zero-order valence-corrected chi connectivity index (χ0v) is 12.0. The molecule has 2 amide bonds. The summed E-state index contributed by atoms with van der Waals surface area (Å²) in [4.78, 5) is 25.8. The van der Waals surface area contributed by atoms with Gasteiger partial charge in [-0.25, -0.2) is 0 Å². The molecule has 1 heterocycles. The van der Waals surface area contributed by atoms with Gasteiger partial charge in [0, 0.05) is 24.3 Å². The molecule has 1 aliphatic carbocycles. The third kappa shape index (κ3) is 2.66. The Hall–Kier alpha value is -0.710. The van der Waals surface area contributed by atoms with Gasteiger partial charge in [-0.05, 0) is 25.5 Å². The lowest BCUT2D eigenvalue weighted by atomic mass is 9.83. The second-order valence-electron chi connectivity index (χ2n) is 5.28. The Kier molecular flexibility index (Phi) is 4.20. The fraction of sp³-hybridized carbons (Fsp3) is 0.846. The van der Waals surface area contributed by atoms with Crippen LogP contribution in [0.2, 0.25) is 0 Å². The van der Waals surface area contributed by atoms with Crippen molar-refractivity contribution in [1.29, 1.82) is 0 Å². The van der Waals surface area contributed by atoms with E-state index in [1.807, 2.05) is 23.6 Å². The number of thioether (sulfide) groups is 1. The molecule has 0 bridgehead atoms. The van der Waals surface area contributed by atoms with Gasteiger partial charge in [0.2, 0.25) is 11.8 Å². The van der Waals surface area contributed by atoms with Crippen LogP contribution in [-0.4, -0.2) is 46.8 Å². The number of hydrogen-bond acceptors (Lipinski definition) is 3. The maximum Gasteiger partial charge on any atom is 0.245 e. The zero-order valence-electron chi connectivity index (χ0n) is 11.2. The van der Waals surface area contributed by atoms with Gasteiger partial charge < -0.3 is 10.2 Å². The third-order valence-corrected chi connectivity index (χ3v) is 5.54. The number of amides is 2. The molecule has 1 saturated heterocycles. The molecule has 0 aromatic heterocycles. The molecule has 1 unspecified atom stereocenters. The summed E-state index contributed by atoms with van der Waals surface area (Å²) < 4.78 is 0.251. The summed E-state index contributed by atoms with van der Waals surface area (Å²) >= 11 is 1.87. The second kappa shape index (κ2) is 5.51. The maximum absolute atomic E-state index is 12.4. The van der Waals surface area contributed by atoms with Crippen LogP contribution in [-0.2, 0) is 9.59 Å². The van der Waals surface area contributed by atoms with Crippen molar-refractivity contribution in [2.45, 2.75) is 49.8 Å². The second-order valence-corrected chi connectivity index (χ2v) is 6.55. The van der Waals surface area contributed by atoms with Crippen LogP contribution in [0.25, 0.3) is 0 Å². The fourth-order valence-corrected chi connectivity index (χ4v) is 3.66. The van der Waals surface area contributed by atoms with Crippen LogP contribution in [0.1, 0.15) is 39.0 Å². The molecule has 0 aromatic carbocycles. The molecule has 0 radical (unpaired) electrons. The number of nitrogens with one attached hydrogen (secondary N) is 1. The number of hydrogen-bond donors (Lipinski definition) is 1. The lowest BCUT2D eigenvalue weighted by Gasteiger charge is -2.44. The predicted octanol–water partition coefficient (Wildman–Crippen LogP) is 1.40. The molecule has 2 fully saturated rings. The lowest BCUT2D eigenvalue weighted by Crippen LogP contribution is -2.51. The monoisotopic (exact) mass is 270 g/mol. The minimum Gasteiger partial charge on any atom is -0.344 e. The zero-order chi connectivity index (χ0) is 13.2. The molecule has 0 spiro atoms. The molecule has 2 aliphatic rings. The quantitative estimate of drug-likeness (QED) is 0.840. The van der Waals surface area contributed by atoms with Crippen molar-refractivity contribution in [3.8, 4) is 0 Å². The standard InChI is InChI=1S/C13H22N2O2S/c1-3-10-12(17)15(8-5-11(16)14-10)9-13(18-2)6-4-7-13/h10H,3-9H2,1-2H3,(H,14,16). The molecule has 1 N–H and O–H groups in total. The Morgan fingerprint density at radius 3 is 2.67 bits per heavy atom. The predicted molar refractivity (Wildman–Crippen MR) is 73.5 cm³/mol. The van der Waals surface area contributed by atoms with Gasteiger partial charge >= 0.3 is 0 Å². The van der Waals surface area contributed by atoms with Crippen molar-refractivity contribution in [1.82, 2.24) is 10.2 Å². The molecule has 2 rings (SSSR count). The van der Waals surface area contributed by atoms with Gasteiger partial charge in [0.25, 0.3) is 0 Å². The van der Waals surface area contributed by atoms with E-state index in [4.69, 9.17) is 0 Å². The number of rotatable bonds is 4. The van der Waals surface area contributed by atoms with E-state index in [0.29, 0.717) is 19.4 Å². The van der Waals surface area contributed by atoms with E-state index in [2.05, 4.69) is 11.6 Å². The first kappa shape index (κ1) is 13.7. The van der Waals surface area contributed by atoms with E-state index in [9.17, 15) is 9.59 Å². The summed E-state index contributed by atoms with van der Waals surface area (Å²) in [5, 5.41) is 2.81. The molecule has 1 atom stereocenters. The normalized spacial score (nSPS) is 27.4. The Bertz CT molecular complexity index is 336. The highest BCUT2D eigenvalue weighted by Gasteiger charge is 2.40. The highest BCUT2D eigenvalue weighted by molar-refractivity contribution is 8.00. The summed E-state index contributed by atoms with van der Waals surface area (Å²) in [6.07, 6.45) is 6.88. The van der Waals surface area contributed by atoms with Crippen molar-refractivity contribution in [3.63, 3.8) is 0 Å². The minimum absolute atomic E-state index is 0.00418. The van der Waals surface area contributed by atoms with E-state index < -0.39 is 0 Å². The average Bonchev–Trinajstić information content (AvgIpc) is 2.45. The molecular formula is C13H22N2O2S. The van der Waals surface area contributed by atoms with Crippen molar-refractivity contribution < 1.29 is 9.59 Å². The van der Waals surface area contributed by atoms with Gasteiger partial charge in [0.15, 0.2) is 0 Å². The molecule has 102 valence electrons. The fourth-order valence-electron chi connectivity index (χ4n) is 2.67. The van der Waals surface area contributed by atoms with Gasteiger partial charge in [-0.2, -0.15) is 11.8 Å². The Labute approximate surface area is 113 Å². The van der Waals surface area contributed by atoms with Crippen LogP contribution in [0.5, 0.6) is 0 Å². The number of carbonyl (C=O) groups is 2. The van der Waals surface area contributed by atoms with E-state index in [0.717, 1.165) is 6.54 Å². The number of carbonyl (C=O) groups excluding carboxylic acids is 2. The molecule has 4 nitrogen and oxygen atoms in total. The SMILES string of the molecule is CCC1NC(=O)CCN(CC2(SC)CCC2)C1=O. The van der Waals surface area contributed by atoms with Gasteiger partial charge in [0.1, 0.15) is 6.04 Å². The highest BCUT2D eigenvalue weighted by Crippen LogP contribution is 2.43. The van der Waals surface area contributed by atoms with E-state index in [1.165, 1.54) is 19.3 Å². The Balaban J connectivity index is 2.06. The van der Waals surface area contributed by atoms with Gasteiger partial charge in [0.05, 0.1) is 0 Å². The van der Waals surface area contributed by atoms with Crippen LogP contribution < -0.4 is 5.32 Å². The van der Waals surface area contributed by atoms with Crippen molar-refractivity contribution in [2.75, 3.05) is 19.3 Å². The summed E-state index contributed by atoms with van der Waals surface area (Å²) in [5.74, 6) is 0.105. The Morgan fingerprint density at radius 1 is 1.44 bits per heavy atom. The average molecular weight is 270 g/mol. The molecule has 1 saturated carbocycles. The van der Waals surface area contributed by atoms with Crippen LogP contribution in [0, 0.1) is 0 Å². The van der Waals surface area contributed by atoms with Crippen LogP contribution >= 0.6 is 11.8 Å². The molecule has 18 heavy (non-hydrogen) atoms. The van der Waals surface area contributed by atoms with Gasteiger partial charge in [-0.1, -0.05) is 13.3 Å². The Morgan fingerprint density at radius 2 is 2.17 bits per heavy atom. The first-order valence-corrected chi connectivity index (χ1v) is 7.96. The lowest BCUT2D eigenvalue weighted by molar-refractivity contribution is -0.134. The molecule has 1 aliphatic heterocycles.